The lowest BCUT2D eigenvalue weighted by molar-refractivity contribution is 0.0399. The van der Waals surface area contributed by atoms with E-state index < -0.39 is 0 Å². The van der Waals surface area contributed by atoms with Crippen LogP contribution in [0.4, 0.5) is 5.95 Å². The summed E-state index contributed by atoms with van der Waals surface area (Å²) in [5, 5.41) is 0. The average Bonchev–Trinajstić information content (AvgIpc) is 3.14. The van der Waals surface area contributed by atoms with Crippen molar-refractivity contribution in [3.05, 3.63) is 18.5 Å². The number of rotatable bonds is 3. The van der Waals surface area contributed by atoms with Crippen LogP contribution in [-0.4, -0.2) is 60.3 Å². The Bertz CT molecular complexity index is 483. The van der Waals surface area contributed by atoms with Crippen molar-refractivity contribution in [3.63, 3.8) is 0 Å². The summed E-state index contributed by atoms with van der Waals surface area (Å²) in [5.74, 6) is 2.69. The molecule has 0 radical (unpaired) electrons. The summed E-state index contributed by atoms with van der Waals surface area (Å²) in [7, 11) is 0. The van der Waals surface area contributed by atoms with Crippen LogP contribution in [0.15, 0.2) is 18.5 Å². The summed E-state index contributed by atoms with van der Waals surface area (Å²) in [5.41, 5.74) is 0. The summed E-state index contributed by atoms with van der Waals surface area (Å²) in [6.45, 7) is 6.77. The minimum absolute atomic E-state index is 0.784. The molecule has 3 saturated heterocycles. The molecule has 5 nitrogen and oxygen atoms in total. The van der Waals surface area contributed by atoms with Gasteiger partial charge in [0.05, 0.1) is 0 Å². The van der Waals surface area contributed by atoms with Crippen molar-refractivity contribution < 1.29 is 4.74 Å². The first-order valence-corrected chi connectivity index (χ1v) is 9.24. The van der Waals surface area contributed by atoms with Crippen LogP contribution in [0, 0.1) is 11.8 Å². The van der Waals surface area contributed by atoms with E-state index in [4.69, 9.17) is 4.74 Å². The predicted octanol–water partition coefficient (Wildman–Crippen LogP) is 2.19. The van der Waals surface area contributed by atoms with Crippen LogP contribution >= 0.6 is 0 Å². The smallest absolute Gasteiger partial charge is 0.225 e. The molecule has 23 heavy (non-hydrogen) atoms. The van der Waals surface area contributed by atoms with E-state index in [1.165, 1.54) is 45.2 Å². The Kier molecular flexibility index (Phi) is 4.76. The Morgan fingerprint density at radius 1 is 0.870 bits per heavy atom. The molecule has 0 unspecified atom stereocenters. The van der Waals surface area contributed by atoms with Gasteiger partial charge in [-0.1, -0.05) is 0 Å². The molecule has 5 heteroatoms. The summed E-state index contributed by atoms with van der Waals surface area (Å²) in [6, 6.07) is 2.67. The number of nitrogens with zero attached hydrogens (tertiary/aromatic N) is 4. The molecule has 0 aromatic carbocycles. The van der Waals surface area contributed by atoms with Crippen molar-refractivity contribution in [2.45, 2.75) is 38.1 Å². The van der Waals surface area contributed by atoms with Gasteiger partial charge < -0.3 is 9.64 Å². The maximum Gasteiger partial charge on any atom is 0.225 e. The van der Waals surface area contributed by atoms with E-state index in [0.29, 0.717) is 0 Å². The first kappa shape index (κ1) is 15.3. The van der Waals surface area contributed by atoms with E-state index >= 15 is 0 Å². The molecule has 0 amide bonds. The molecule has 3 aliphatic heterocycles. The second-order valence-corrected chi connectivity index (χ2v) is 7.26. The lowest BCUT2D eigenvalue weighted by Crippen LogP contribution is -2.40. The van der Waals surface area contributed by atoms with Gasteiger partial charge >= 0.3 is 0 Å². The molecular weight excluding hydrogens is 288 g/mol. The molecule has 126 valence electrons. The highest BCUT2D eigenvalue weighted by molar-refractivity contribution is 5.28. The first-order chi connectivity index (χ1) is 11.4. The number of anilines is 1. The molecule has 0 bridgehead atoms. The number of ether oxygens (including phenoxy) is 1. The summed E-state index contributed by atoms with van der Waals surface area (Å²) in [6.07, 6.45) is 10.1. The third-order valence-corrected chi connectivity index (χ3v) is 6.00. The van der Waals surface area contributed by atoms with Crippen molar-refractivity contribution in [2.24, 2.45) is 11.8 Å². The molecule has 4 heterocycles. The highest BCUT2D eigenvalue weighted by atomic mass is 16.5. The standard InChI is InChI=1S/C18H28N4O/c1-7-19-18(20-8-1)21-9-2-15(3-10-21)16-4-11-22(14-16)17-5-12-23-13-6-17/h1,7-8,15-17H,2-6,9-14H2/t16-/m1/s1. The molecule has 0 aliphatic carbocycles. The van der Waals surface area contributed by atoms with Crippen LogP contribution in [-0.2, 0) is 4.74 Å². The zero-order valence-electron chi connectivity index (χ0n) is 13.9. The van der Waals surface area contributed by atoms with Crippen molar-refractivity contribution in [1.82, 2.24) is 14.9 Å². The average molecular weight is 316 g/mol. The second kappa shape index (κ2) is 7.14. The molecule has 0 saturated carbocycles. The Morgan fingerprint density at radius 2 is 1.57 bits per heavy atom. The highest BCUT2D eigenvalue weighted by Gasteiger charge is 2.35. The minimum Gasteiger partial charge on any atom is -0.381 e. The molecule has 1 atom stereocenters. The Labute approximate surface area is 139 Å². The van der Waals surface area contributed by atoms with Crippen LogP contribution in [0.5, 0.6) is 0 Å². The van der Waals surface area contributed by atoms with Crippen molar-refractivity contribution in [3.8, 4) is 0 Å². The predicted molar refractivity (Wildman–Crippen MR) is 90.5 cm³/mol. The van der Waals surface area contributed by atoms with Crippen molar-refractivity contribution in [1.29, 1.82) is 0 Å². The zero-order valence-corrected chi connectivity index (χ0v) is 13.9. The van der Waals surface area contributed by atoms with E-state index in [1.54, 1.807) is 0 Å². The van der Waals surface area contributed by atoms with E-state index in [0.717, 1.165) is 50.1 Å². The fraction of sp³-hybridized carbons (Fsp3) is 0.778. The maximum absolute atomic E-state index is 5.51. The molecule has 0 spiro atoms. The molecule has 4 rings (SSSR count). The van der Waals surface area contributed by atoms with Crippen LogP contribution in [0.25, 0.3) is 0 Å². The normalized spacial score (nSPS) is 28.3. The van der Waals surface area contributed by atoms with Gasteiger partial charge in [0.15, 0.2) is 0 Å². The zero-order chi connectivity index (χ0) is 15.5. The van der Waals surface area contributed by atoms with Crippen molar-refractivity contribution in [2.75, 3.05) is 44.3 Å². The molecule has 1 aromatic rings. The van der Waals surface area contributed by atoms with Gasteiger partial charge in [0.2, 0.25) is 5.95 Å². The Morgan fingerprint density at radius 3 is 2.30 bits per heavy atom. The monoisotopic (exact) mass is 316 g/mol. The molecular formula is C18H28N4O. The summed E-state index contributed by atoms with van der Waals surface area (Å²) < 4.78 is 5.51. The lowest BCUT2D eigenvalue weighted by atomic mass is 9.84. The van der Waals surface area contributed by atoms with Crippen LogP contribution in [0.3, 0.4) is 0 Å². The van der Waals surface area contributed by atoms with E-state index in [-0.39, 0.29) is 0 Å². The van der Waals surface area contributed by atoms with E-state index in [9.17, 15) is 0 Å². The molecule has 3 fully saturated rings. The van der Waals surface area contributed by atoms with Crippen molar-refractivity contribution >= 4 is 5.95 Å². The van der Waals surface area contributed by atoms with E-state index in [1.807, 2.05) is 18.5 Å². The van der Waals surface area contributed by atoms with Crippen LogP contribution < -0.4 is 4.90 Å². The molecule has 0 N–H and O–H groups in total. The van der Waals surface area contributed by atoms with Crippen LogP contribution in [0.2, 0.25) is 0 Å². The largest absolute Gasteiger partial charge is 0.381 e. The summed E-state index contributed by atoms with van der Waals surface area (Å²) in [4.78, 5) is 13.9. The minimum atomic E-state index is 0.784. The van der Waals surface area contributed by atoms with E-state index in [2.05, 4.69) is 19.8 Å². The quantitative estimate of drug-likeness (QED) is 0.855. The van der Waals surface area contributed by atoms with Crippen LogP contribution in [0.1, 0.15) is 32.1 Å². The number of aromatic nitrogens is 2. The van der Waals surface area contributed by atoms with Gasteiger partial charge in [-0.2, -0.15) is 0 Å². The molecule has 1 aromatic heterocycles. The maximum atomic E-state index is 5.51. The summed E-state index contributed by atoms with van der Waals surface area (Å²) >= 11 is 0. The SMILES string of the molecule is c1cnc(N2CCC([C@@H]3CCN(C4CCOCC4)C3)CC2)nc1. The number of hydrogen-bond acceptors (Lipinski definition) is 5. The third-order valence-electron chi connectivity index (χ3n) is 6.00. The van der Waals surface area contributed by atoms with Gasteiger partial charge in [-0.05, 0) is 56.6 Å². The number of likely N-dealkylation sites (tertiary alicyclic amines) is 1. The number of hydrogen-bond donors (Lipinski definition) is 0. The van der Waals surface area contributed by atoms with Gasteiger partial charge in [0.1, 0.15) is 0 Å². The third kappa shape index (κ3) is 3.50. The van der Waals surface area contributed by atoms with Gasteiger partial charge in [-0.15, -0.1) is 0 Å². The topological polar surface area (TPSA) is 41.5 Å². The Balaban J connectivity index is 1.28. The van der Waals surface area contributed by atoms with Gasteiger partial charge in [-0.25, -0.2) is 9.97 Å². The Hall–Kier alpha value is -1.20. The lowest BCUT2D eigenvalue weighted by Gasteiger charge is -2.35. The van der Waals surface area contributed by atoms with Gasteiger partial charge in [0, 0.05) is 51.3 Å². The number of piperidine rings is 1. The molecule has 3 aliphatic rings. The van der Waals surface area contributed by atoms with Gasteiger partial charge in [0.25, 0.3) is 0 Å². The van der Waals surface area contributed by atoms with Gasteiger partial charge in [-0.3, -0.25) is 4.90 Å². The fourth-order valence-electron chi connectivity index (χ4n) is 4.61. The fourth-order valence-corrected chi connectivity index (χ4v) is 4.61. The second-order valence-electron chi connectivity index (χ2n) is 7.26. The first-order valence-electron chi connectivity index (χ1n) is 9.24. The highest BCUT2D eigenvalue weighted by Crippen LogP contribution is 2.34.